The van der Waals surface area contributed by atoms with Gasteiger partial charge in [0.1, 0.15) is 28.1 Å². The molecule has 3 aromatic rings. The molecule has 0 saturated carbocycles. The van der Waals surface area contributed by atoms with E-state index >= 15 is 0 Å². The Hall–Kier alpha value is -2.08. The third-order valence-electron chi connectivity index (χ3n) is 4.21. The van der Waals surface area contributed by atoms with Crippen LogP contribution in [-0.4, -0.2) is 16.5 Å². The summed E-state index contributed by atoms with van der Waals surface area (Å²) >= 11 is 1.59. The van der Waals surface area contributed by atoms with Crippen LogP contribution in [0.25, 0.3) is 10.2 Å². The van der Waals surface area contributed by atoms with Gasteiger partial charge in [0.05, 0.1) is 5.39 Å². The number of aromatic nitrogens is 2. The summed E-state index contributed by atoms with van der Waals surface area (Å²) in [5, 5.41) is 3.01. The lowest BCUT2D eigenvalue weighted by Gasteiger charge is -2.30. The standard InChI is InChI=1S/C17H15F2N3S/c1-2-15-20-16(13-4-6-23-17(13)21-15)22-5-3-12-10(9-22)7-11(18)8-14(12)19/h4,6-8H,2-3,5,9H2,1H3. The molecule has 0 bridgehead atoms. The van der Waals surface area contributed by atoms with E-state index in [9.17, 15) is 8.78 Å². The van der Waals surface area contributed by atoms with Crippen LogP contribution in [0, 0.1) is 11.6 Å². The minimum absolute atomic E-state index is 0.447. The van der Waals surface area contributed by atoms with E-state index in [1.165, 1.54) is 6.07 Å². The van der Waals surface area contributed by atoms with Crippen molar-refractivity contribution >= 4 is 27.4 Å². The summed E-state index contributed by atoms with van der Waals surface area (Å²) in [5.74, 6) is 0.688. The van der Waals surface area contributed by atoms with Gasteiger partial charge in [0.15, 0.2) is 0 Å². The summed E-state index contributed by atoms with van der Waals surface area (Å²) in [6.07, 6.45) is 1.31. The number of nitrogens with zero attached hydrogens (tertiary/aromatic N) is 3. The van der Waals surface area contributed by atoms with Crippen molar-refractivity contribution in [2.24, 2.45) is 0 Å². The molecular weight excluding hydrogens is 316 g/mol. The average Bonchev–Trinajstić information content (AvgIpc) is 3.01. The van der Waals surface area contributed by atoms with Crippen LogP contribution in [0.4, 0.5) is 14.6 Å². The first-order valence-corrected chi connectivity index (χ1v) is 8.49. The number of hydrogen-bond acceptors (Lipinski definition) is 4. The van der Waals surface area contributed by atoms with E-state index in [1.54, 1.807) is 11.3 Å². The molecule has 0 fully saturated rings. The number of anilines is 1. The lowest BCUT2D eigenvalue weighted by Crippen LogP contribution is -2.32. The van der Waals surface area contributed by atoms with Gasteiger partial charge in [-0.25, -0.2) is 18.7 Å². The van der Waals surface area contributed by atoms with Crippen molar-refractivity contribution in [1.82, 2.24) is 9.97 Å². The van der Waals surface area contributed by atoms with Crippen molar-refractivity contribution in [1.29, 1.82) is 0 Å². The molecule has 0 atom stereocenters. The van der Waals surface area contributed by atoms with Crippen molar-refractivity contribution in [3.8, 4) is 0 Å². The first-order valence-electron chi connectivity index (χ1n) is 7.61. The molecule has 3 nitrogen and oxygen atoms in total. The van der Waals surface area contributed by atoms with Gasteiger partial charge in [-0.05, 0) is 35.1 Å². The topological polar surface area (TPSA) is 29.0 Å². The summed E-state index contributed by atoms with van der Waals surface area (Å²) < 4.78 is 27.4. The fourth-order valence-corrected chi connectivity index (χ4v) is 3.85. The molecule has 1 aliphatic heterocycles. The van der Waals surface area contributed by atoms with Crippen molar-refractivity contribution in [2.45, 2.75) is 26.3 Å². The van der Waals surface area contributed by atoms with E-state index in [0.717, 1.165) is 34.3 Å². The Kier molecular flexibility index (Phi) is 3.49. The summed E-state index contributed by atoms with van der Waals surface area (Å²) in [7, 11) is 0. The second-order valence-corrected chi connectivity index (χ2v) is 6.55. The van der Waals surface area contributed by atoms with Gasteiger partial charge in [-0.15, -0.1) is 11.3 Å². The second-order valence-electron chi connectivity index (χ2n) is 5.65. The van der Waals surface area contributed by atoms with Crippen LogP contribution in [0.3, 0.4) is 0 Å². The SMILES string of the molecule is CCc1nc(N2CCc3c(F)cc(F)cc3C2)c2ccsc2n1. The van der Waals surface area contributed by atoms with Crippen LogP contribution in [0.5, 0.6) is 0 Å². The number of thiophene rings is 1. The quantitative estimate of drug-likeness (QED) is 0.708. The van der Waals surface area contributed by atoms with Crippen LogP contribution in [0.1, 0.15) is 23.9 Å². The second kappa shape index (κ2) is 5.53. The van der Waals surface area contributed by atoms with E-state index in [4.69, 9.17) is 0 Å². The van der Waals surface area contributed by atoms with Crippen LogP contribution >= 0.6 is 11.3 Å². The van der Waals surface area contributed by atoms with E-state index < -0.39 is 11.6 Å². The Bertz CT molecular complexity index is 891. The van der Waals surface area contributed by atoms with Gasteiger partial charge in [-0.3, -0.25) is 0 Å². The minimum atomic E-state index is -0.527. The van der Waals surface area contributed by atoms with Gasteiger partial charge in [0, 0.05) is 25.6 Å². The first-order chi connectivity index (χ1) is 11.2. The highest BCUT2D eigenvalue weighted by atomic mass is 32.1. The van der Waals surface area contributed by atoms with Gasteiger partial charge in [-0.1, -0.05) is 6.92 Å². The van der Waals surface area contributed by atoms with Gasteiger partial charge < -0.3 is 4.90 Å². The molecule has 0 amide bonds. The van der Waals surface area contributed by atoms with Gasteiger partial charge >= 0.3 is 0 Å². The third kappa shape index (κ3) is 2.47. The first kappa shape index (κ1) is 14.5. The largest absolute Gasteiger partial charge is 0.351 e. The van der Waals surface area contributed by atoms with E-state index in [-0.39, 0.29) is 0 Å². The maximum atomic E-state index is 13.9. The fraction of sp³-hybridized carbons (Fsp3) is 0.294. The molecule has 0 aliphatic carbocycles. The van der Waals surface area contributed by atoms with Crippen LogP contribution in [-0.2, 0) is 19.4 Å². The van der Waals surface area contributed by atoms with E-state index in [1.807, 2.05) is 18.4 Å². The molecule has 0 spiro atoms. The molecule has 0 saturated heterocycles. The zero-order valence-electron chi connectivity index (χ0n) is 12.6. The van der Waals surface area contributed by atoms with E-state index in [0.29, 0.717) is 30.6 Å². The van der Waals surface area contributed by atoms with Crippen LogP contribution in [0.15, 0.2) is 23.6 Å². The van der Waals surface area contributed by atoms with E-state index in [2.05, 4.69) is 14.9 Å². The molecule has 1 aliphatic rings. The Morgan fingerprint density at radius 3 is 2.96 bits per heavy atom. The summed E-state index contributed by atoms with van der Waals surface area (Å²) in [4.78, 5) is 12.3. The summed E-state index contributed by atoms with van der Waals surface area (Å²) in [6.45, 7) is 3.16. The molecular formula is C17H15F2N3S. The number of fused-ring (bicyclic) bond motifs is 2. The Balaban J connectivity index is 1.79. The normalized spacial score (nSPS) is 14.3. The highest BCUT2D eigenvalue weighted by molar-refractivity contribution is 7.16. The Morgan fingerprint density at radius 2 is 2.13 bits per heavy atom. The highest BCUT2D eigenvalue weighted by Crippen LogP contribution is 2.32. The number of aryl methyl sites for hydroxylation is 1. The van der Waals surface area contributed by atoms with Crippen LogP contribution in [0.2, 0.25) is 0 Å². The molecule has 1 aromatic carbocycles. The third-order valence-corrected chi connectivity index (χ3v) is 5.02. The smallest absolute Gasteiger partial charge is 0.141 e. The monoisotopic (exact) mass is 331 g/mol. The van der Waals surface area contributed by atoms with Crippen molar-refractivity contribution < 1.29 is 8.78 Å². The molecule has 4 rings (SSSR count). The highest BCUT2D eigenvalue weighted by Gasteiger charge is 2.23. The van der Waals surface area contributed by atoms with Crippen molar-refractivity contribution in [3.63, 3.8) is 0 Å². The Morgan fingerprint density at radius 1 is 1.26 bits per heavy atom. The molecule has 0 N–H and O–H groups in total. The molecule has 118 valence electrons. The summed E-state index contributed by atoms with van der Waals surface area (Å²) in [6, 6.07) is 4.40. The fourth-order valence-electron chi connectivity index (χ4n) is 3.07. The number of halogens is 2. The van der Waals surface area contributed by atoms with Crippen LogP contribution < -0.4 is 4.90 Å². The van der Waals surface area contributed by atoms with Crippen molar-refractivity contribution in [2.75, 3.05) is 11.4 Å². The average molecular weight is 331 g/mol. The maximum Gasteiger partial charge on any atom is 0.141 e. The number of hydrogen-bond donors (Lipinski definition) is 0. The van der Waals surface area contributed by atoms with Gasteiger partial charge in [-0.2, -0.15) is 0 Å². The minimum Gasteiger partial charge on any atom is -0.351 e. The molecule has 3 heterocycles. The van der Waals surface area contributed by atoms with Gasteiger partial charge in [0.25, 0.3) is 0 Å². The predicted molar refractivity (Wildman–Crippen MR) is 87.9 cm³/mol. The molecule has 0 radical (unpaired) electrons. The molecule has 0 unspecified atom stereocenters. The number of rotatable bonds is 2. The number of benzene rings is 1. The molecule has 2 aromatic heterocycles. The lowest BCUT2D eigenvalue weighted by molar-refractivity contribution is 0.555. The van der Waals surface area contributed by atoms with Gasteiger partial charge in [0.2, 0.25) is 0 Å². The molecule has 6 heteroatoms. The zero-order chi connectivity index (χ0) is 16.0. The molecule has 23 heavy (non-hydrogen) atoms. The predicted octanol–water partition coefficient (Wildman–Crippen LogP) is 4.09. The Labute approximate surface area is 136 Å². The van der Waals surface area contributed by atoms with Crippen molar-refractivity contribution in [3.05, 3.63) is 52.2 Å². The zero-order valence-corrected chi connectivity index (χ0v) is 13.5. The maximum absolute atomic E-state index is 13.9. The summed E-state index contributed by atoms with van der Waals surface area (Å²) in [5.41, 5.74) is 1.32. The lowest BCUT2D eigenvalue weighted by atomic mass is 9.99.